The first-order valence-electron chi connectivity index (χ1n) is 12.6. The van der Waals surface area contributed by atoms with Crippen LogP contribution in [0.3, 0.4) is 0 Å². The zero-order valence-corrected chi connectivity index (χ0v) is 19.8. The number of carbonyl (C=O) groups excluding carboxylic acids is 1. The van der Waals surface area contributed by atoms with E-state index in [-0.39, 0.29) is 23.3 Å². The Bertz CT molecular complexity index is 1080. The van der Waals surface area contributed by atoms with Gasteiger partial charge < -0.3 is 15.4 Å². The summed E-state index contributed by atoms with van der Waals surface area (Å²) in [7, 11) is 1.54. The molecule has 1 aliphatic heterocycles. The number of hydrogen-bond donors (Lipinski definition) is 2. The summed E-state index contributed by atoms with van der Waals surface area (Å²) in [4.78, 5) is 13.0. The molecule has 5 aliphatic rings. The molecule has 4 aliphatic carbocycles. The number of fused-ring (bicyclic) bond motifs is 1. The van der Waals surface area contributed by atoms with Crippen molar-refractivity contribution in [2.24, 2.45) is 23.2 Å². The summed E-state index contributed by atoms with van der Waals surface area (Å²) in [5.74, 6) is 2.75. The number of methoxy groups -OCH3 is 1. The van der Waals surface area contributed by atoms with Crippen molar-refractivity contribution in [1.82, 2.24) is 15.1 Å². The number of alkyl halides is 3. The molecule has 1 aromatic carbocycles. The van der Waals surface area contributed by atoms with E-state index in [0.717, 1.165) is 47.3 Å². The third kappa shape index (κ3) is 4.16. The average Bonchev–Trinajstić information content (AvgIpc) is 3.25. The predicted molar refractivity (Wildman–Crippen MR) is 124 cm³/mol. The molecule has 188 valence electrons. The van der Waals surface area contributed by atoms with E-state index in [1.165, 1.54) is 25.3 Å². The minimum Gasteiger partial charge on any atom is -0.497 e. The zero-order valence-electron chi connectivity index (χ0n) is 19.8. The minimum atomic E-state index is -4.49. The van der Waals surface area contributed by atoms with Crippen molar-refractivity contribution < 1.29 is 22.7 Å². The molecule has 4 saturated carbocycles. The molecule has 7 rings (SSSR count). The molecule has 2 aromatic rings. The normalized spacial score (nSPS) is 33.2. The Hall–Kier alpha value is -2.71. The topological polar surface area (TPSA) is 68.2 Å². The number of nitrogens with one attached hydrogen (secondary N) is 2. The van der Waals surface area contributed by atoms with Crippen molar-refractivity contribution >= 4 is 11.7 Å². The molecule has 2 unspecified atom stereocenters. The fourth-order valence-electron chi connectivity index (χ4n) is 7.60. The molecule has 0 radical (unpaired) electrons. The molecule has 1 aromatic heterocycles. The van der Waals surface area contributed by atoms with E-state index in [2.05, 4.69) is 15.7 Å². The second-order valence-corrected chi connectivity index (χ2v) is 11.2. The van der Waals surface area contributed by atoms with Gasteiger partial charge in [-0.15, -0.1) is 0 Å². The second-order valence-electron chi connectivity index (χ2n) is 11.2. The summed E-state index contributed by atoms with van der Waals surface area (Å²) in [6, 6.07) is 6.06. The highest BCUT2D eigenvalue weighted by Gasteiger charge is 2.51. The molecule has 4 fully saturated rings. The minimum absolute atomic E-state index is 0.0295. The number of ether oxygens (including phenoxy) is 1. The number of anilines is 1. The highest BCUT2D eigenvalue weighted by molar-refractivity contribution is 5.93. The van der Waals surface area contributed by atoms with Gasteiger partial charge in [-0.05, 0) is 79.4 Å². The molecule has 35 heavy (non-hydrogen) atoms. The van der Waals surface area contributed by atoms with Crippen LogP contribution < -0.4 is 15.4 Å². The maximum Gasteiger partial charge on any atom is 0.410 e. The first kappa shape index (κ1) is 22.7. The lowest BCUT2D eigenvalue weighted by Crippen LogP contribution is -2.51. The molecule has 0 spiro atoms. The largest absolute Gasteiger partial charge is 0.497 e. The Morgan fingerprint density at radius 3 is 2.31 bits per heavy atom. The number of hydrogen-bond acceptors (Lipinski definition) is 4. The number of amides is 1. The molecule has 2 atom stereocenters. The van der Waals surface area contributed by atoms with Gasteiger partial charge in [0.15, 0.2) is 11.7 Å². The lowest BCUT2D eigenvalue weighted by Gasteiger charge is -2.56. The van der Waals surface area contributed by atoms with E-state index in [4.69, 9.17) is 4.74 Å². The third-order valence-corrected chi connectivity index (χ3v) is 8.73. The van der Waals surface area contributed by atoms with Gasteiger partial charge in [-0.25, -0.2) is 4.68 Å². The fourth-order valence-corrected chi connectivity index (χ4v) is 7.60. The van der Waals surface area contributed by atoms with Gasteiger partial charge in [-0.2, -0.15) is 18.3 Å². The number of carbonyl (C=O) groups is 1. The zero-order chi connectivity index (χ0) is 24.4. The molecule has 6 nitrogen and oxygen atoms in total. The van der Waals surface area contributed by atoms with Crippen LogP contribution in [-0.4, -0.2) is 35.5 Å². The van der Waals surface area contributed by atoms with Gasteiger partial charge in [0.2, 0.25) is 0 Å². The highest BCUT2D eigenvalue weighted by atomic mass is 19.4. The van der Waals surface area contributed by atoms with E-state index in [1.54, 1.807) is 31.4 Å². The Morgan fingerprint density at radius 1 is 1.11 bits per heavy atom. The Kier molecular flexibility index (Phi) is 5.30. The van der Waals surface area contributed by atoms with Crippen molar-refractivity contribution in [2.45, 2.75) is 63.2 Å². The lowest BCUT2D eigenvalue weighted by atomic mass is 9.49. The molecule has 9 heteroatoms. The number of nitrogens with zero attached hydrogens (tertiary/aromatic N) is 2. The van der Waals surface area contributed by atoms with Crippen molar-refractivity contribution in [2.75, 3.05) is 19.0 Å². The standard InChI is InChI=1S/C26H31F3N4O2/c1-35-19-4-2-18(3-5-19)20-9-22(26(27,28)29)33-23(31-20)10-21(32-33)24(34)30-14-25-11-15-6-16(12-25)8-17(7-15)13-25/h2-5,10,15-17,20,22,31H,6-9,11-14H2,1H3,(H,30,34). The van der Waals surface area contributed by atoms with E-state index >= 15 is 0 Å². The van der Waals surface area contributed by atoms with Crippen LogP contribution in [0.4, 0.5) is 19.0 Å². The maximum atomic E-state index is 14.0. The maximum absolute atomic E-state index is 14.0. The summed E-state index contributed by atoms with van der Waals surface area (Å²) in [6.07, 6.45) is 2.72. The Labute approximate surface area is 202 Å². The summed E-state index contributed by atoms with van der Waals surface area (Å²) in [6.45, 7) is 0.585. The molecular formula is C26H31F3N4O2. The van der Waals surface area contributed by atoms with Crippen molar-refractivity contribution in [3.63, 3.8) is 0 Å². The van der Waals surface area contributed by atoms with Crippen molar-refractivity contribution in [3.8, 4) is 5.75 Å². The number of halogens is 3. The van der Waals surface area contributed by atoms with Gasteiger partial charge in [-0.1, -0.05) is 12.1 Å². The summed E-state index contributed by atoms with van der Waals surface area (Å²) in [5.41, 5.74) is 0.901. The monoisotopic (exact) mass is 488 g/mol. The lowest BCUT2D eigenvalue weighted by molar-refractivity contribution is -0.173. The van der Waals surface area contributed by atoms with Gasteiger partial charge in [0.05, 0.1) is 13.2 Å². The van der Waals surface area contributed by atoms with Crippen LogP contribution in [0.2, 0.25) is 0 Å². The van der Waals surface area contributed by atoms with Crippen LogP contribution in [0.5, 0.6) is 5.75 Å². The first-order valence-corrected chi connectivity index (χ1v) is 12.6. The Morgan fingerprint density at radius 2 is 1.74 bits per heavy atom. The fraction of sp³-hybridized carbons (Fsp3) is 0.615. The summed E-state index contributed by atoms with van der Waals surface area (Å²) >= 11 is 0. The average molecular weight is 489 g/mol. The number of aromatic nitrogens is 2. The van der Waals surface area contributed by atoms with E-state index in [0.29, 0.717) is 12.3 Å². The SMILES string of the molecule is COc1ccc(C2CC(C(F)(F)F)n3nc(C(=O)NCC45CC6CC(CC(C6)C4)C5)cc3N2)cc1. The second kappa shape index (κ2) is 8.17. The number of benzene rings is 1. The van der Waals surface area contributed by atoms with Crippen LogP contribution in [0.15, 0.2) is 30.3 Å². The molecule has 4 bridgehead atoms. The van der Waals surface area contributed by atoms with E-state index in [1.807, 2.05) is 0 Å². The molecule has 0 saturated heterocycles. The molecule has 2 heterocycles. The smallest absolute Gasteiger partial charge is 0.410 e. The highest BCUT2D eigenvalue weighted by Crippen LogP contribution is 2.59. The predicted octanol–water partition coefficient (Wildman–Crippen LogP) is 5.50. The molecule has 1 amide bonds. The van der Waals surface area contributed by atoms with Crippen LogP contribution in [-0.2, 0) is 0 Å². The van der Waals surface area contributed by atoms with Crippen LogP contribution in [0.25, 0.3) is 0 Å². The van der Waals surface area contributed by atoms with E-state index in [9.17, 15) is 18.0 Å². The summed E-state index contributed by atoms with van der Waals surface area (Å²) < 4.78 is 48.1. The van der Waals surface area contributed by atoms with Gasteiger partial charge in [0.1, 0.15) is 11.6 Å². The van der Waals surface area contributed by atoms with Gasteiger partial charge in [-0.3, -0.25) is 4.79 Å². The molecular weight excluding hydrogens is 457 g/mol. The Balaban J connectivity index is 1.20. The molecule has 2 N–H and O–H groups in total. The summed E-state index contributed by atoms with van der Waals surface area (Å²) in [5, 5.41) is 10.3. The van der Waals surface area contributed by atoms with Crippen molar-refractivity contribution in [3.05, 3.63) is 41.6 Å². The number of rotatable bonds is 5. The van der Waals surface area contributed by atoms with Crippen molar-refractivity contribution in [1.29, 1.82) is 0 Å². The quantitative estimate of drug-likeness (QED) is 0.583. The third-order valence-electron chi connectivity index (χ3n) is 8.73. The van der Waals surface area contributed by atoms with Gasteiger partial charge in [0.25, 0.3) is 5.91 Å². The van der Waals surface area contributed by atoms with Gasteiger partial charge >= 0.3 is 6.18 Å². The first-order chi connectivity index (χ1) is 16.7. The van der Waals surface area contributed by atoms with Crippen LogP contribution in [0.1, 0.15) is 73.1 Å². The van der Waals surface area contributed by atoms with Crippen LogP contribution in [0, 0.1) is 23.2 Å². The van der Waals surface area contributed by atoms with E-state index < -0.39 is 24.2 Å². The van der Waals surface area contributed by atoms with Gasteiger partial charge in [0, 0.05) is 19.0 Å². The van der Waals surface area contributed by atoms with Crippen LogP contribution >= 0.6 is 0 Å².